The smallest absolute Gasteiger partial charge is 0.138 e. The number of H-pyrrole nitrogens is 1. The molecule has 0 aliphatic rings. The number of aliphatic hydroxyl groups is 1. The van der Waals surface area contributed by atoms with Gasteiger partial charge in [0.25, 0.3) is 0 Å². The van der Waals surface area contributed by atoms with Gasteiger partial charge in [-0.05, 0) is 25.1 Å². The van der Waals surface area contributed by atoms with Gasteiger partial charge >= 0.3 is 0 Å². The van der Waals surface area contributed by atoms with E-state index in [1.165, 1.54) is 0 Å². The summed E-state index contributed by atoms with van der Waals surface area (Å²) in [6.45, 7) is 1.95. The molecule has 3 aromatic rings. The standard InChI is InChI=1S/C15H15ClN4O/c1-9(8-21)19-14-4-2-3-13(20-14)12-7-18-15-11(12)5-10(16)6-17-15/h2-7,9,21H,8H2,1H3,(H,17,18)(H,19,20)/t9-/m1/s1. The van der Waals surface area contributed by atoms with Crippen LogP contribution in [0, 0.1) is 0 Å². The second-order valence-electron chi connectivity index (χ2n) is 4.89. The Morgan fingerprint density at radius 3 is 3.10 bits per heavy atom. The molecule has 0 saturated heterocycles. The molecule has 5 nitrogen and oxygen atoms in total. The van der Waals surface area contributed by atoms with E-state index in [1.807, 2.05) is 37.4 Å². The molecule has 0 fully saturated rings. The molecule has 0 radical (unpaired) electrons. The van der Waals surface area contributed by atoms with Crippen LogP contribution >= 0.6 is 11.6 Å². The molecule has 0 spiro atoms. The number of pyridine rings is 2. The zero-order chi connectivity index (χ0) is 14.8. The highest BCUT2D eigenvalue weighted by atomic mass is 35.5. The minimum absolute atomic E-state index is 0.0492. The Bertz CT molecular complexity index is 771. The lowest BCUT2D eigenvalue weighted by Crippen LogP contribution is -2.19. The van der Waals surface area contributed by atoms with Crippen LogP contribution in [0.2, 0.25) is 5.02 Å². The first-order valence-electron chi connectivity index (χ1n) is 6.65. The van der Waals surface area contributed by atoms with Gasteiger partial charge in [-0.3, -0.25) is 0 Å². The molecule has 3 aromatic heterocycles. The number of nitrogens with one attached hydrogen (secondary N) is 2. The summed E-state index contributed by atoms with van der Waals surface area (Å²) in [5.41, 5.74) is 2.54. The molecule has 0 saturated carbocycles. The van der Waals surface area contributed by atoms with E-state index in [-0.39, 0.29) is 12.6 Å². The molecule has 3 rings (SSSR count). The maximum Gasteiger partial charge on any atom is 0.138 e. The molecule has 0 amide bonds. The summed E-state index contributed by atoms with van der Waals surface area (Å²) in [4.78, 5) is 11.9. The Balaban J connectivity index is 2.02. The van der Waals surface area contributed by atoms with Crippen LogP contribution < -0.4 is 5.32 Å². The molecule has 3 N–H and O–H groups in total. The van der Waals surface area contributed by atoms with Crippen molar-refractivity contribution in [3.05, 3.63) is 41.7 Å². The molecule has 0 aliphatic carbocycles. The van der Waals surface area contributed by atoms with Crippen LogP contribution in [0.4, 0.5) is 5.82 Å². The van der Waals surface area contributed by atoms with Gasteiger partial charge in [0.1, 0.15) is 11.5 Å². The number of halogens is 1. The zero-order valence-corrected chi connectivity index (χ0v) is 12.2. The average molecular weight is 303 g/mol. The van der Waals surface area contributed by atoms with Crippen molar-refractivity contribution < 1.29 is 5.11 Å². The van der Waals surface area contributed by atoms with Crippen molar-refractivity contribution in [3.8, 4) is 11.3 Å². The summed E-state index contributed by atoms with van der Waals surface area (Å²) in [5, 5.41) is 13.8. The molecule has 0 aliphatic heterocycles. The third-order valence-corrected chi connectivity index (χ3v) is 3.40. The quantitative estimate of drug-likeness (QED) is 0.692. The van der Waals surface area contributed by atoms with E-state index in [0.717, 1.165) is 28.1 Å². The first-order valence-corrected chi connectivity index (χ1v) is 7.02. The molecular formula is C15H15ClN4O. The third-order valence-electron chi connectivity index (χ3n) is 3.19. The predicted octanol–water partition coefficient (Wildman–Crippen LogP) is 3.07. The van der Waals surface area contributed by atoms with Crippen LogP contribution in [0.3, 0.4) is 0 Å². The van der Waals surface area contributed by atoms with Crippen molar-refractivity contribution in [2.75, 3.05) is 11.9 Å². The number of hydrogen-bond acceptors (Lipinski definition) is 4. The first kappa shape index (κ1) is 13.9. The Labute approximate surface area is 127 Å². The van der Waals surface area contributed by atoms with E-state index in [1.54, 1.807) is 6.20 Å². The van der Waals surface area contributed by atoms with Crippen LogP contribution in [0.15, 0.2) is 36.7 Å². The van der Waals surface area contributed by atoms with Crippen molar-refractivity contribution in [1.29, 1.82) is 0 Å². The monoisotopic (exact) mass is 302 g/mol. The van der Waals surface area contributed by atoms with Gasteiger partial charge in [0.05, 0.1) is 17.3 Å². The second-order valence-corrected chi connectivity index (χ2v) is 5.32. The SMILES string of the molecule is C[C@H](CO)Nc1cccc(-c2c[nH]c3ncc(Cl)cc23)n1. The van der Waals surface area contributed by atoms with Crippen LogP contribution in [-0.4, -0.2) is 32.7 Å². The second kappa shape index (κ2) is 5.71. The number of anilines is 1. The van der Waals surface area contributed by atoms with Crippen molar-refractivity contribution in [3.63, 3.8) is 0 Å². The number of aromatic amines is 1. The summed E-state index contributed by atoms with van der Waals surface area (Å²) in [6.07, 6.45) is 3.48. The van der Waals surface area contributed by atoms with E-state index in [4.69, 9.17) is 16.7 Å². The van der Waals surface area contributed by atoms with Crippen LogP contribution in [-0.2, 0) is 0 Å². The summed E-state index contributed by atoms with van der Waals surface area (Å²) in [7, 11) is 0. The minimum Gasteiger partial charge on any atom is -0.394 e. The lowest BCUT2D eigenvalue weighted by Gasteiger charge is -2.12. The number of fused-ring (bicyclic) bond motifs is 1. The number of aliphatic hydroxyl groups excluding tert-OH is 1. The largest absolute Gasteiger partial charge is 0.394 e. The number of nitrogens with zero attached hydrogens (tertiary/aromatic N) is 2. The van der Waals surface area contributed by atoms with Crippen molar-refractivity contribution in [2.45, 2.75) is 13.0 Å². The predicted molar refractivity (Wildman–Crippen MR) is 84.5 cm³/mol. The fraction of sp³-hybridized carbons (Fsp3) is 0.200. The summed E-state index contributed by atoms with van der Waals surface area (Å²) in [5.74, 6) is 0.721. The summed E-state index contributed by atoms with van der Waals surface area (Å²) >= 11 is 6.02. The number of hydrogen-bond donors (Lipinski definition) is 3. The third kappa shape index (κ3) is 2.84. The fourth-order valence-electron chi connectivity index (χ4n) is 2.15. The first-order chi connectivity index (χ1) is 10.2. The van der Waals surface area contributed by atoms with Crippen molar-refractivity contribution in [1.82, 2.24) is 15.0 Å². The van der Waals surface area contributed by atoms with Gasteiger partial charge in [-0.15, -0.1) is 0 Å². The van der Waals surface area contributed by atoms with Gasteiger partial charge in [0, 0.05) is 29.4 Å². The molecular weight excluding hydrogens is 288 g/mol. The van der Waals surface area contributed by atoms with E-state index in [0.29, 0.717) is 5.02 Å². The van der Waals surface area contributed by atoms with Gasteiger partial charge < -0.3 is 15.4 Å². The maximum absolute atomic E-state index is 9.10. The van der Waals surface area contributed by atoms with Crippen molar-refractivity contribution >= 4 is 28.5 Å². The highest BCUT2D eigenvalue weighted by Gasteiger charge is 2.10. The van der Waals surface area contributed by atoms with Gasteiger partial charge in [0.2, 0.25) is 0 Å². The van der Waals surface area contributed by atoms with Gasteiger partial charge in [-0.1, -0.05) is 17.7 Å². The summed E-state index contributed by atoms with van der Waals surface area (Å²) < 4.78 is 0. The van der Waals surface area contributed by atoms with Crippen molar-refractivity contribution in [2.24, 2.45) is 0 Å². The number of rotatable bonds is 4. The molecule has 108 valence electrons. The van der Waals surface area contributed by atoms with E-state index in [9.17, 15) is 0 Å². The van der Waals surface area contributed by atoms with Crippen LogP contribution in [0.5, 0.6) is 0 Å². The molecule has 21 heavy (non-hydrogen) atoms. The molecule has 3 heterocycles. The molecule has 0 bridgehead atoms. The van der Waals surface area contributed by atoms with Crippen LogP contribution in [0.25, 0.3) is 22.3 Å². The molecule has 0 unspecified atom stereocenters. The van der Waals surface area contributed by atoms with E-state index >= 15 is 0 Å². The molecule has 1 atom stereocenters. The topological polar surface area (TPSA) is 73.8 Å². The Kier molecular flexibility index (Phi) is 3.77. The van der Waals surface area contributed by atoms with E-state index in [2.05, 4.69) is 20.3 Å². The van der Waals surface area contributed by atoms with Gasteiger partial charge in [-0.2, -0.15) is 0 Å². The number of aromatic nitrogens is 3. The normalized spacial score (nSPS) is 12.5. The molecule has 6 heteroatoms. The van der Waals surface area contributed by atoms with Gasteiger partial charge in [-0.25, -0.2) is 9.97 Å². The lowest BCUT2D eigenvalue weighted by molar-refractivity contribution is 0.281. The Morgan fingerprint density at radius 1 is 1.43 bits per heavy atom. The summed E-state index contributed by atoms with van der Waals surface area (Å²) in [6, 6.07) is 7.54. The molecule has 0 aromatic carbocycles. The lowest BCUT2D eigenvalue weighted by atomic mass is 10.1. The zero-order valence-electron chi connectivity index (χ0n) is 11.5. The fourth-order valence-corrected chi connectivity index (χ4v) is 2.31. The van der Waals surface area contributed by atoms with E-state index < -0.39 is 0 Å². The highest BCUT2D eigenvalue weighted by Crippen LogP contribution is 2.28. The Morgan fingerprint density at radius 2 is 2.29 bits per heavy atom. The minimum atomic E-state index is -0.0492. The average Bonchev–Trinajstić information content (AvgIpc) is 2.90. The van der Waals surface area contributed by atoms with Crippen LogP contribution in [0.1, 0.15) is 6.92 Å². The Hall–Kier alpha value is -2.11. The van der Waals surface area contributed by atoms with Gasteiger partial charge in [0.15, 0.2) is 0 Å². The highest BCUT2D eigenvalue weighted by molar-refractivity contribution is 6.31. The maximum atomic E-state index is 9.10.